The van der Waals surface area contributed by atoms with Gasteiger partial charge in [0.05, 0.1) is 30.6 Å². The van der Waals surface area contributed by atoms with Crippen molar-refractivity contribution >= 4 is 17.5 Å². The minimum atomic E-state index is -0.914. The maximum Gasteiger partial charge on any atom is 0.305 e. The number of aliphatic carboxylic acids is 1. The van der Waals surface area contributed by atoms with Gasteiger partial charge < -0.3 is 14.7 Å². The molecule has 2 rings (SSSR count). The predicted molar refractivity (Wildman–Crippen MR) is 65.1 cm³/mol. The summed E-state index contributed by atoms with van der Waals surface area (Å²) in [5.74, 6) is -0.387. The van der Waals surface area contributed by atoms with Crippen molar-refractivity contribution in [3.05, 3.63) is 28.4 Å². The fraction of sp³-hybridized carbons (Fsp3) is 0.455. The van der Waals surface area contributed by atoms with Crippen LogP contribution < -0.4 is 4.90 Å². The molecule has 1 aromatic heterocycles. The number of rotatable bonds is 4. The number of nitrogens with zero attached hydrogens (tertiary/aromatic N) is 3. The largest absolute Gasteiger partial charge is 0.481 e. The molecular formula is C11H13N3O5. The van der Waals surface area contributed by atoms with Crippen LogP contribution >= 0.6 is 0 Å². The second-order valence-corrected chi connectivity index (χ2v) is 4.15. The van der Waals surface area contributed by atoms with E-state index >= 15 is 0 Å². The summed E-state index contributed by atoms with van der Waals surface area (Å²) in [5.41, 5.74) is -0.0909. The number of morpholine rings is 1. The average Bonchev–Trinajstić information content (AvgIpc) is 2.39. The lowest BCUT2D eigenvalue weighted by atomic mass is 10.1. The maximum atomic E-state index is 10.8. The molecular weight excluding hydrogens is 254 g/mol. The molecule has 1 saturated heterocycles. The summed E-state index contributed by atoms with van der Waals surface area (Å²) in [6, 6.07) is 2.58. The first kappa shape index (κ1) is 13.2. The molecule has 0 saturated carbocycles. The number of hydrogen-bond acceptors (Lipinski definition) is 6. The number of aromatic nitrogens is 1. The van der Waals surface area contributed by atoms with Gasteiger partial charge in [-0.05, 0) is 6.07 Å². The molecule has 19 heavy (non-hydrogen) atoms. The Morgan fingerprint density at radius 1 is 1.63 bits per heavy atom. The Kier molecular flexibility index (Phi) is 3.91. The Morgan fingerprint density at radius 2 is 2.42 bits per heavy atom. The Hall–Kier alpha value is -2.22. The van der Waals surface area contributed by atoms with E-state index in [2.05, 4.69) is 4.98 Å². The van der Waals surface area contributed by atoms with E-state index in [0.29, 0.717) is 25.6 Å². The second-order valence-electron chi connectivity index (χ2n) is 4.15. The summed E-state index contributed by atoms with van der Waals surface area (Å²) in [5, 5.41) is 19.4. The molecule has 0 amide bonds. The van der Waals surface area contributed by atoms with E-state index in [1.165, 1.54) is 18.3 Å². The average molecular weight is 267 g/mol. The molecule has 0 radical (unpaired) electrons. The van der Waals surface area contributed by atoms with Crippen molar-refractivity contribution in [3.8, 4) is 0 Å². The predicted octanol–water partition coefficient (Wildman–Crippen LogP) is 0.670. The van der Waals surface area contributed by atoms with Crippen molar-refractivity contribution in [2.75, 3.05) is 24.7 Å². The highest BCUT2D eigenvalue weighted by Crippen LogP contribution is 2.21. The fourth-order valence-electron chi connectivity index (χ4n) is 1.98. The molecule has 1 unspecified atom stereocenters. The van der Waals surface area contributed by atoms with Gasteiger partial charge in [0.25, 0.3) is 5.69 Å². The molecule has 1 atom stereocenters. The number of pyridine rings is 1. The number of ether oxygens (including phenoxy) is 1. The van der Waals surface area contributed by atoms with Crippen molar-refractivity contribution in [1.82, 2.24) is 4.98 Å². The number of carboxylic acid groups (broad SMARTS) is 1. The van der Waals surface area contributed by atoms with Gasteiger partial charge in [-0.1, -0.05) is 0 Å². The van der Waals surface area contributed by atoms with Crippen molar-refractivity contribution in [2.45, 2.75) is 12.5 Å². The molecule has 0 bridgehead atoms. The third-order valence-electron chi connectivity index (χ3n) is 2.88. The lowest BCUT2D eigenvalue weighted by molar-refractivity contribution is -0.385. The second kappa shape index (κ2) is 5.61. The zero-order chi connectivity index (χ0) is 13.8. The van der Waals surface area contributed by atoms with Gasteiger partial charge in [-0.25, -0.2) is 4.98 Å². The van der Waals surface area contributed by atoms with Crippen LogP contribution in [0.15, 0.2) is 18.3 Å². The molecule has 0 aliphatic carbocycles. The number of carboxylic acids is 1. The lowest BCUT2D eigenvalue weighted by Gasteiger charge is -2.35. The summed E-state index contributed by atoms with van der Waals surface area (Å²) < 4.78 is 5.26. The van der Waals surface area contributed by atoms with Gasteiger partial charge >= 0.3 is 5.97 Å². The first-order chi connectivity index (χ1) is 9.08. The van der Waals surface area contributed by atoms with Crippen LogP contribution in [0.1, 0.15) is 6.42 Å². The molecule has 0 spiro atoms. The normalized spacial score (nSPS) is 19.2. The Labute approximate surface area is 108 Å². The van der Waals surface area contributed by atoms with Crippen molar-refractivity contribution < 1.29 is 19.6 Å². The maximum absolute atomic E-state index is 10.8. The molecule has 0 aromatic carbocycles. The minimum absolute atomic E-state index is 0.0569. The smallest absolute Gasteiger partial charge is 0.305 e. The Morgan fingerprint density at radius 3 is 3.00 bits per heavy atom. The first-order valence-corrected chi connectivity index (χ1v) is 5.74. The van der Waals surface area contributed by atoms with Gasteiger partial charge in [0.15, 0.2) is 0 Å². The van der Waals surface area contributed by atoms with E-state index in [1.54, 1.807) is 4.90 Å². The summed E-state index contributed by atoms with van der Waals surface area (Å²) in [6.07, 6.45) is 1.11. The van der Waals surface area contributed by atoms with E-state index in [-0.39, 0.29) is 18.2 Å². The topological polar surface area (TPSA) is 106 Å². The molecule has 102 valence electrons. The van der Waals surface area contributed by atoms with Gasteiger partial charge in [-0.3, -0.25) is 14.9 Å². The van der Waals surface area contributed by atoms with Crippen LogP contribution in [-0.2, 0) is 9.53 Å². The Bertz CT molecular complexity index is 476. The third-order valence-corrected chi connectivity index (χ3v) is 2.88. The van der Waals surface area contributed by atoms with E-state index in [4.69, 9.17) is 9.84 Å². The minimum Gasteiger partial charge on any atom is -0.481 e. The van der Waals surface area contributed by atoms with E-state index < -0.39 is 10.9 Å². The molecule has 1 aliphatic heterocycles. The van der Waals surface area contributed by atoms with Crippen LogP contribution in [0.4, 0.5) is 11.5 Å². The van der Waals surface area contributed by atoms with Gasteiger partial charge in [0.2, 0.25) is 0 Å². The van der Waals surface area contributed by atoms with Crippen LogP contribution in [0.25, 0.3) is 0 Å². The molecule has 2 heterocycles. The van der Waals surface area contributed by atoms with Crippen molar-refractivity contribution in [1.29, 1.82) is 0 Å². The van der Waals surface area contributed by atoms with Crippen LogP contribution in [0.5, 0.6) is 0 Å². The van der Waals surface area contributed by atoms with Gasteiger partial charge in [0.1, 0.15) is 12.0 Å². The molecule has 1 fully saturated rings. The number of nitro groups is 1. The standard InChI is InChI=1S/C11H13N3O5/c15-11(16)5-9-7-19-4-3-13(9)10-2-1-8(6-12-10)14(17)18/h1-2,6,9H,3-5,7H2,(H,15,16). The monoisotopic (exact) mass is 267 g/mol. The molecule has 8 nitrogen and oxygen atoms in total. The van der Waals surface area contributed by atoms with Crippen LogP contribution in [0.3, 0.4) is 0 Å². The number of anilines is 1. The Balaban J connectivity index is 2.17. The lowest BCUT2D eigenvalue weighted by Crippen LogP contribution is -2.47. The fourth-order valence-corrected chi connectivity index (χ4v) is 1.98. The molecule has 1 N–H and O–H groups in total. The summed E-state index contributed by atoms with van der Waals surface area (Å²) in [6.45, 7) is 1.31. The van der Waals surface area contributed by atoms with E-state index in [9.17, 15) is 14.9 Å². The highest BCUT2D eigenvalue weighted by molar-refractivity contribution is 5.68. The van der Waals surface area contributed by atoms with Crippen LogP contribution in [0, 0.1) is 10.1 Å². The molecule has 8 heteroatoms. The SMILES string of the molecule is O=C(O)CC1COCCN1c1ccc([N+](=O)[O-])cn1. The highest BCUT2D eigenvalue weighted by Gasteiger charge is 2.26. The third kappa shape index (κ3) is 3.16. The molecule has 1 aromatic rings. The molecule has 1 aliphatic rings. The van der Waals surface area contributed by atoms with Gasteiger partial charge in [-0.2, -0.15) is 0 Å². The highest BCUT2D eigenvalue weighted by atomic mass is 16.6. The quantitative estimate of drug-likeness (QED) is 0.631. The first-order valence-electron chi connectivity index (χ1n) is 5.74. The summed E-state index contributed by atoms with van der Waals surface area (Å²) >= 11 is 0. The van der Waals surface area contributed by atoms with Crippen LogP contribution in [-0.4, -0.2) is 46.8 Å². The van der Waals surface area contributed by atoms with E-state index in [1.807, 2.05) is 0 Å². The van der Waals surface area contributed by atoms with Crippen LogP contribution in [0.2, 0.25) is 0 Å². The zero-order valence-corrected chi connectivity index (χ0v) is 10.1. The summed E-state index contributed by atoms with van der Waals surface area (Å²) in [7, 11) is 0. The van der Waals surface area contributed by atoms with Gasteiger partial charge in [-0.15, -0.1) is 0 Å². The van der Waals surface area contributed by atoms with E-state index in [0.717, 1.165) is 0 Å². The van der Waals surface area contributed by atoms with Gasteiger partial charge in [0, 0.05) is 12.6 Å². The van der Waals surface area contributed by atoms with Crippen molar-refractivity contribution in [3.63, 3.8) is 0 Å². The van der Waals surface area contributed by atoms with Crippen molar-refractivity contribution in [2.24, 2.45) is 0 Å². The summed E-state index contributed by atoms with van der Waals surface area (Å²) in [4.78, 5) is 26.6. The zero-order valence-electron chi connectivity index (χ0n) is 10.1. The number of hydrogen-bond donors (Lipinski definition) is 1. The number of carbonyl (C=O) groups is 1.